The van der Waals surface area contributed by atoms with Crippen LogP contribution >= 0.6 is 0 Å². The largest absolute Gasteiger partial charge is 0.276 e. The Morgan fingerprint density at radius 1 is 0.408 bits per heavy atom. The van der Waals surface area contributed by atoms with E-state index in [1.165, 1.54) is 44.5 Å². The van der Waals surface area contributed by atoms with Gasteiger partial charge in [0, 0.05) is 16.2 Å². The van der Waals surface area contributed by atoms with E-state index in [1.54, 1.807) is 0 Å². The Balaban J connectivity index is 1.45. The molecule has 232 valence electrons. The van der Waals surface area contributed by atoms with Crippen LogP contribution in [0, 0.1) is 0 Å². The molecule has 7 aromatic carbocycles. The number of para-hydroxylation sites is 2. The fraction of sp³-hybridized carbons (Fsp3) is 0.0851. The summed E-state index contributed by atoms with van der Waals surface area (Å²) in [6, 6.07) is 58.9. The quantitative estimate of drug-likeness (QED) is 0.175. The lowest BCUT2D eigenvalue weighted by atomic mass is 9.53. The van der Waals surface area contributed by atoms with Gasteiger partial charge in [0.2, 0.25) is 0 Å². The van der Waals surface area contributed by atoms with Gasteiger partial charge < -0.3 is 0 Å². The van der Waals surface area contributed by atoms with Gasteiger partial charge in [0.15, 0.2) is 0 Å². The summed E-state index contributed by atoms with van der Waals surface area (Å²) in [6.07, 6.45) is 0. The molecular weight excluding hydrogens is 595 g/mol. The first kappa shape index (κ1) is 28.1. The van der Waals surface area contributed by atoms with Crippen molar-refractivity contribution in [1.82, 2.24) is 4.57 Å². The highest BCUT2D eigenvalue weighted by atomic mass is 16.1. The molecule has 0 amide bonds. The molecule has 0 saturated heterocycles. The minimum atomic E-state index is -0.694. The maximum absolute atomic E-state index is 14.6. The van der Waals surface area contributed by atoms with Crippen LogP contribution in [0.1, 0.15) is 47.2 Å². The molecule has 2 heteroatoms. The Bertz CT molecular complexity index is 2610. The molecule has 0 unspecified atom stereocenters. The van der Waals surface area contributed by atoms with Crippen LogP contribution in [0.2, 0.25) is 0 Å². The average Bonchev–Trinajstić information content (AvgIpc) is 3.16. The van der Waals surface area contributed by atoms with E-state index in [4.69, 9.17) is 0 Å². The molecule has 0 saturated carbocycles. The van der Waals surface area contributed by atoms with Crippen LogP contribution in [0.4, 0.5) is 0 Å². The maximum atomic E-state index is 14.6. The van der Waals surface area contributed by atoms with Crippen LogP contribution in [0.3, 0.4) is 0 Å². The molecule has 1 aromatic heterocycles. The first-order chi connectivity index (χ1) is 24.0. The van der Waals surface area contributed by atoms with E-state index in [0.29, 0.717) is 0 Å². The van der Waals surface area contributed by atoms with E-state index >= 15 is 0 Å². The topological polar surface area (TPSA) is 22.0 Å². The van der Waals surface area contributed by atoms with Crippen molar-refractivity contribution in [3.63, 3.8) is 0 Å². The van der Waals surface area contributed by atoms with Gasteiger partial charge >= 0.3 is 0 Å². The van der Waals surface area contributed by atoms with Crippen molar-refractivity contribution in [3.05, 3.63) is 208 Å². The summed E-state index contributed by atoms with van der Waals surface area (Å²) in [5.41, 5.74) is 13.1. The summed E-state index contributed by atoms with van der Waals surface area (Å²) < 4.78 is 1.99. The molecular formula is C47H33NO. The van der Waals surface area contributed by atoms with E-state index in [1.807, 2.05) is 22.8 Å². The smallest absolute Gasteiger partial charge is 0.263 e. The molecule has 8 aromatic rings. The van der Waals surface area contributed by atoms with Crippen molar-refractivity contribution in [2.24, 2.45) is 0 Å². The molecule has 2 heterocycles. The molecule has 2 aliphatic rings. The van der Waals surface area contributed by atoms with E-state index in [-0.39, 0.29) is 11.0 Å². The molecule has 0 atom stereocenters. The Morgan fingerprint density at radius 2 is 0.918 bits per heavy atom. The van der Waals surface area contributed by atoms with Crippen LogP contribution in [-0.4, -0.2) is 4.57 Å². The predicted molar refractivity (Wildman–Crippen MR) is 202 cm³/mol. The van der Waals surface area contributed by atoms with Gasteiger partial charge in [-0.1, -0.05) is 153 Å². The number of hydrogen-bond acceptors (Lipinski definition) is 1. The molecule has 1 spiro atoms. The van der Waals surface area contributed by atoms with Gasteiger partial charge in [-0.05, 0) is 85.3 Å². The second kappa shape index (κ2) is 10.0. The minimum Gasteiger partial charge on any atom is -0.276 e. The van der Waals surface area contributed by atoms with Crippen molar-refractivity contribution >= 4 is 21.7 Å². The number of pyridine rings is 1. The zero-order valence-electron chi connectivity index (χ0n) is 27.4. The number of rotatable bonds is 2. The summed E-state index contributed by atoms with van der Waals surface area (Å²) in [5.74, 6) is 0. The van der Waals surface area contributed by atoms with Crippen LogP contribution in [0.25, 0.3) is 49.6 Å². The van der Waals surface area contributed by atoms with E-state index in [9.17, 15) is 4.79 Å². The van der Waals surface area contributed by atoms with Gasteiger partial charge in [0.1, 0.15) is 0 Å². The average molecular weight is 628 g/mol. The van der Waals surface area contributed by atoms with Crippen LogP contribution in [0.15, 0.2) is 169 Å². The molecule has 49 heavy (non-hydrogen) atoms. The Morgan fingerprint density at radius 3 is 1.55 bits per heavy atom. The summed E-state index contributed by atoms with van der Waals surface area (Å²) in [4.78, 5) is 14.6. The van der Waals surface area contributed by atoms with Gasteiger partial charge in [0.05, 0.1) is 16.6 Å². The van der Waals surface area contributed by atoms with E-state index in [2.05, 4.69) is 159 Å². The van der Waals surface area contributed by atoms with Gasteiger partial charge in [-0.25, -0.2) is 0 Å². The fourth-order valence-electron chi connectivity index (χ4n) is 9.08. The molecule has 0 fully saturated rings. The number of nitrogens with zero attached hydrogens (tertiary/aromatic N) is 1. The van der Waals surface area contributed by atoms with E-state index < -0.39 is 5.41 Å². The number of fused-ring (bicyclic) bond motifs is 10. The highest BCUT2D eigenvalue weighted by Crippen LogP contribution is 2.60. The maximum Gasteiger partial charge on any atom is 0.263 e. The third-order valence-corrected chi connectivity index (χ3v) is 11.3. The second-order valence-electron chi connectivity index (χ2n) is 14.0. The van der Waals surface area contributed by atoms with Crippen molar-refractivity contribution in [1.29, 1.82) is 0 Å². The van der Waals surface area contributed by atoms with Crippen molar-refractivity contribution in [2.75, 3.05) is 0 Å². The Labute approximate surface area is 285 Å². The minimum absolute atomic E-state index is 0.0190. The molecule has 0 N–H and O–H groups in total. The first-order valence-electron chi connectivity index (χ1n) is 17.1. The lowest BCUT2D eigenvalue weighted by Crippen LogP contribution is -2.45. The highest BCUT2D eigenvalue weighted by Gasteiger charge is 2.52. The molecule has 0 radical (unpaired) electrons. The van der Waals surface area contributed by atoms with Gasteiger partial charge in [0.25, 0.3) is 5.56 Å². The number of hydrogen-bond donors (Lipinski definition) is 0. The number of aromatic nitrogens is 1. The second-order valence-corrected chi connectivity index (χ2v) is 14.0. The molecule has 0 bridgehead atoms. The Kier molecular flexibility index (Phi) is 5.73. The molecule has 2 nitrogen and oxygen atoms in total. The van der Waals surface area contributed by atoms with Crippen molar-refractivity contribution in [2.45, 2.75) is 24.7 Å². The zero-order chi connectivity index (χ0) is 32.9. The summed E-state index contributed by atoms with van der Waals surface area (Å²) in [6.45, 7) is 4.73. The fourth-order valence-corrected chi connectivity index (χ4v) is 9.08. The van der Waals surface area contributed by atoms with E-state index in [0.717, 1.165) is 38.5 Å². The standard InChI is InChI=1S/C47H33NO/c1-46(2)37-26-24-32(30-14-5-3-6-15-30)28-41(37)47(42-29-33(25-27-38(42)46)31-16-7-4-8-17-31)39-21-11-12-23-43(39)48-44-35(20-13-22-40(44)47)34-18-9-10-19-36(34)45(48)49/h3-29H,1-2H3. The summed E-state index contributed by atoms with van der Waals surface area (Å²) >= 11 is 0. The first-order valence-corrected chi connectivity index (χ1v) is 17.1. The SMILES string of the molecule is CC1(C)c2ccc(-c3ccccc3)cc2C2(c3ccccc3-n3c(=O)c4ccccc4c4cccc2c43)c2cc(-c3ccccc3)ccc21. The van der Waals surface area contributed by atoms with Gasteiger partial charge in [-0.15, -0.1) is 0 Å². The normalized spacial score (nSPS) is 14.7. The van der Waals surface area contributed by atoms with Gasteiger partial charge in [-0.2, -0.15) is 0 Å². The van der Waals surface area contributed by atoms with Crippen molar-refractivity contribution in [3.8, 4) is 27.9 Å². The third kappa shape index (κ3) is 3.64. The van der Waals surface area contributed by atoms with Crippen LogP contribution < -0.4 is 5.56 Å². The monoisotopic (exact) mass is 627 g/mol. The highest BCUT2D eigenvalue weighted by molar-refractivity contribution is 6.09. The molecule has 10 rings (SSSR count). The van der Waals surface area contributed by atoms with Crippen molar-refractivity contribution < 1.29 is 0 Å². The van der Waals surface area contributed by atoms with Crippen LogP contribution in [-0.2, 0) is 10.8 Å². The van der Waals surface area contributed by atoms with Crippen LogP contribution in [0.5, 0.6) is 0 Å². The molecule has 1 aliphatic heterocycles. The number of benzene rings is 7. The lowest BCUT2D eigenvalue weighted by Gasteiger charge is -2.50. The Hall–Kier alpha value is -5.99. The third-order valence-electron chi connectivity index (χ3n) is 11.3. The summed E-state index contributed by atoms with van der Waals surface area (Å²) in [7, 11) is 0. The zero-order valence-corrected chi connectivity index (χ0v) is 27.4. The molecule has 1 aliphatic carbocycles. The lowest BCUT2D eigenvalue weighted by molar-refractivity contribution is 0.555. The predicted octanol–water partition coefficient (Wildman–Crippen LogP) is 10.8. The summed E-state index contributed by atoms with van der Waals surface area (Å²) in [5, 5.41) is 2.82. The van der Waals surface area contributed by atoms with Gasteiger partial charge in [-0.3, -0.25) is 9.36 Å².